The van der Waals surface area contributed by atoms with Crippen molar-refractivity contribution in [2.75, 3.05) is 50.0 Å². The largest absolute Gasteiger partial charge is 0.379 e. The Hall–Kier alpha value is -2.33. The van der Waals surface area contributed by atoms with Crippen molar-refractivity contribution in [3.63, 3.8) is 0 Å². The molecular weight excluding hydrogens is 470 g/mol. The minimum atomic E-state index is -3.55. The Balaban J connectivity index is 1.69. The topological polar surface area (TPSA) is 79.8 Å². The van der Waals surface area contributed by atoms with Crippen molar-refractivity contribution in [2.24, 2.45) is 0 Å². The minimum absolute atomic E-state index is 0.0616. The lowest BCUT2D eigenvalue weighted by molar-refractivity contribution is 0.0376. The number of carbonyl (C=O) groups is 1. The molecule has 7 nitrogen and oxygen atoms in total. The number of morpholine rings is 1. The molecule has 0 radical (unpaired) electrons. The first kappa shape index (κ1) is 24.8. The number of hydrogen-bond acceptors (Lipinski definition) is 7. The summed E-state index contributed by atoms with van der Waals surface area (Å²) in [5.41, 5.74) is 3.33. The van der Waals surface area contributed by atoms with E-state index in [1.54, 1.807) is 30.0 Å². The van der Waals surface area contributed by atoms with Crippen LogP contribution in [0.2, 0.25) is 0 Å². The second kappa shape index (κ2) is 10.5. The van der Waals surface area contributed by atoms with E-state index in [-0.39, 0.29) is 22.1 Å². The average Bonchev–Trinajstić information content (AvgIpc) is 3.29. The maximum atomic E-state index is 13.8. The van der Waals surface area contributed by atoms with Crippen molar-refractivity contribution in [3.05, 3.63) is 53.1 Å². The summed E-state index contributed by atoms with van der Waals surface area (Å²) in [6.07, 6.45) is 0.752. The molecule has 1 fully saturated rings. The summed E-state index contributed by atoms with van der Waals surface area (Å²) in [6.45, 7) is 10.2. The number of aromatic nitrogens is 1. The summed E-state index contributed by atoms with van der Waals surface area (Å²) in [6, 6.07) is 10.6. The molecule has 1 saturated heterocycles. The van der Waals surface area contributed by atoms with Gasteiger partial charge in [0.05, 0.1) is 39.6 Å². The fraction of sp³-hybridized carbons (Fsp3) is 0.440. The molecule has 1 aliphatic heterocycles. The zero-order chi connectivity index (χ0) is 24.3. The van der Waals surface area contributed by atoms with Crippen LogP contribution in [0.25, 0.3) is 10.2 Å². The number of anilines is 1. The maximum absolute atomic E-state index is 13.8. The molecule has 0 unspecified atom stereocenters. The van der Waals surface area contributed by atoms with Crippen LogP contribution in [0.15, 0.2) is 41.3 Å². The number of hydrogen-bond donors (Lipinski definition) is 0. The van der Waals surface area contributed by atoms with Crippen LogP contribution < -0.4 is 4.90 Å². The molecular formula is C25H31N3O4S2. The molecule has 2 aromatic carbocycles. The highest BCUT2D eigenvalue weighted by Gasteiger charge is 2.27. The maximum Gasteiger partial charge on any atom is 0.261 e. The van der Waals surface area contributed by atoms with Crippen LogP contribution in [0.5, 0.6) is 0 Å². The van der Waals surface area contributed by atoms with E-state index in [2.05, 4.69) is 11.0 Å². The molecule has 0 spiro atoms. The molecule has 182 valence electrons. The number of ether oxygens (including phenoxy) is 1. The van der Waals surface area contributed by atoms with Crippen molar-refractivity contribution >= 4 is 42.4 Å². The Morgan fingerprint density at radius 1 is 1.15 bits per heavy atom. The lowest BCUT2D eigenvalue weighted by Gasteiger charge is -2.28. The summed E-state index contributed by atoms with van der Waals surface area (Å²) in [7, 11) is -3.55. The number of carbonyl (C=O) groups excluding carboxylic acids is 1. The van der Waals surface area contributed by atoms with E-state index in [0.29, 0.717) is 11.7 Å². The smallest absolute Gasteiger partial charge is 0.261 e. The zero-order valence-electron chi connectivity index (χ0n) is 19.9. The molecule has 0 aliphatic carbocycles. The van der Waals surface area contributed by atoms with Crippen molar-refractivity contribution in [1.82, 2.24) is 9.88 Å². The Kier molecular flexibility index (Phi) is 7.67. The number of nitrogens with zero attached hydrogens (tertiary/aromatic N) is 3. The van der Waals surface area contributed by atoms with Gasteiger partial charge >= 0.3 is 0 Å². The number of fused-ring (bicyclic) bond motifs is 1. The Bertz CT molecular complexity index is 1280. The predicted octanol–water partition coefficient (Wildman–Crippen LogP) is 4.08. The average molecular weight is 502 g/mol. The molecule has 4 rings (SSSR count). The fourth-order valence-electron chi connectivity index (χ4n) is 4.11. The van der Waals surface area contributed by atoms with E-state index >= 15 is 0 Å². The first-order valence-corrected chi connectivity index (χ1v) is 14.1. The van der Waals surface area contributed by atoms with Crippen LogP contribution in [-0.4, -0.2) is 69.4 Å². The van der Waals surface area contributed by atoms with Gasteiger partial charge in [-0.3, -0.25) is 14.6 Å². The molecule has 9 heteroatoms. The number of aryl methyl sites for hydroxylation is 2. The van der Waals surface area contributed by atoms with Gasteiger partial charge in [0.15, 0.2) is 15.0 Å². The predicted molar refractivity (Wildman–Crippen MR) is 137 cm³/mol. The van der Waals surface area contributed by atoms with Crippen molar-refractivity contribution < 1.29 is 17.9 Å². The van der Waals surface area contributed by atoms with E-state index in [0.717, 1.165) is 60.6 Å². The summed E-state index contributed by atoms with van der Waals surface area (Å²) in [4.78, 5) is 22.7. The Labute approximate surface area is 205 Å². The minimum Gasteiger partial charge on any atom is -0.379 e. The number of amides is 1. The quantitative estimate of drug-likeness (QED) is 0.463. The summed E-state index contributed by atoms with van der Waals surface area (Å²) < 4.78 is 31.9. The van der Waals surface area contributed by atoms with Crippen molar-refractivity contribution in [3.8, 4) is 0 Å². The van der Waals surface area contributed by atoms with Crippen LogP contribution in [0.3, 0.4) is 0 Å². The molecule has 1 aromatic heterocycles. The molecule has 3 aromatic rings. The molecule has 0 saturated carbocycles. The van der Waals surface area contributed by atoms with Gasteiger partial charge in [0, 0.05) is 26.2 Å². The Morgan fingerprint density at radius 2 is 1.88 bits per heavy atom. The van der Waals surface area contributed by atoms with Gasteiger partial charge in [-0.25, -0.2) is 13.4 Å². The second-order valence-electron chi connectivity index (χ2n) is 8.51. The van der Waals surface area contributed by atoms with Gasteiger partial charge in [-0.15, -0.1) is 0 Å². The first-order valence-electron chi connectivity index (χ1n) is 11.6. The monoisotopic (exact) mass is 501 g/mol. The molecule has 1 amide bonds. The van der Waals surface area contributed by atoms with Crippen LogP contribution in [0.1, 0.15) is 34.8 Å². The van der Waals surface area contributed by atoms with Gasteiger partial charge in [0.2, 0.25) is 0 Å². The molecule has 34 heavy (non-hydrogen) atoms. The third-order valence-corrected chi connectivity index (χ3v) is 9.17. The molecule has 0 atom stereocenters. The number of benzene rings is 2. The van der Waals surface area contributed by atoms with E-state index in [9.17, 15) is 13.2 Å². The third-order valence-electron chi connectivity index (χ3n) is 6.34. The van der Waals surface area contributed by atoms with Gasteiger partial charge in [0.1, 0.15) is 0 Å². The van der Waals surface area contributed by atoms with Gasteiger partial charge in [-0.2, -0.15) is 0 Å². The summed E-state index contributed by atoms with van der Waals surface area (Å²) >= 11 is 1.47. The van der Waals surface area contributed by atoms with Crippen LogP contribution >= 0.6 is 11.3 Å². The van der Waals surface area contributed by atoms with E-state index in [1.807, 2.05) is 19.9 Å². The van der Waals surface area contributed by atoms with Gasteiger partial charge in [-0.05, 0) is 49.6 Å². The fourth-order valence-corrected chi connectivity index (χ4v) is 6.24. The number of sulfone groups is 1. The normalized spacial score (nSPS) is 15.0. The van der Waals surface area contributed by atoms with Crippen LogP contribution in [0.4, 0.5) is 5.13 Å². The van der Waals surface area contributed by atoms with Gasteiger partial charge < -0.3 is 4.74 Å². The number of thiazole rings is 1. The first-order chi connectivity index (χ1) is 16.3. The third kappa shape index (κ3) is 5.17. The van der Waals surface area contributed by atoms with E-state index in [4.69, 9.17) is 9.72 Å². The van der Waals surface area contributed by atoms with Gasteiger partial charge in [0.25, 0.3) is 5.91 Å². The van der Waals surface area contributed by atoms with Crippen molar-refractivity contribution in [2.45, 2.75) is 32.1 Å². The highest BCUT2D eigenvalue weighted by atomic mass is 32.2. The van der Waals surface area contributed by atoms with Crippen molar-refractivity contribution in [1.29, 1.82) is 0 Å². The van der Waals surface area contributed by atoms with E-state index in [1.165, 1.54) is 17.4 Å². The molecule has 2 heterocycles. The Morgan fingerprint density at radius 3 is 2.62 bits per heavy atom. The van der Waals surface area contributed by atoms with E-state index < -0.39 is 9.84 Å². The van der Waals surface area contributed by atoms with Gasteiger partial charge in [-0.1, -0.05) is 36.5 Å². The summed E-state index contributed by atoms with van der Waals surface area (Å²) in [5, 5.41) is 0.597. The highest BCUT2D eigenvalue weighted by molar-refractivity contribution is 7.91. The highest BCUT2D eigenvalue weighted by Crippen LogP contribution is 2.33. The zero-order valence-corrected chi connectivity index (χ0v) is 21.5. The van der Waals surface area contributed by atoms with Crippen LogP contribution in [-0.2, 0) is 14.6 Å². The SMILES string of the molecule is CCS(=O)(=O)c1ccccc1C(=O)N(CCCN1CCOCC1)c1nc2c(C)c(C)ccc2s1. The standard InChI is InChI=1S/C25H31N3O4S2/c1-4-34(30,31)22-9-6-5-8-20(22)24(29)28(13-7-12-27-14-16-32-17-15-27)25-26-23-19(3)18(2)10-11-21(23)33-25/h5-6,8-11H,4,7,12-17H2,1-3H3. The molecule has 0 N–H and O–H groups in total. The second-order valence-corrected chi connectivity index (χ2v) is 11.8. The molecule has 1 aliphatic rings. The molecule has 0 bridgehead atoms. The lowest BCUT2D eigenvalue weighted by atomic mass is 10.1. The number of rotatable bonds is 8. The lowest BCUT2D eigenvalue weighted by Crippen LogP contribution is -2.39. The summed E-state index contributed by atoms with van der Waals surface area (Å²) in [5.74, 6) is -0.392. The van der Waals surface area contributed by atoms with Crippen LogP contribution in [0, 0.1) is 13.8 Å².